The highest BCUT2D eigenvalue weighted by Gasteiger charge is 2.12. The van der Waals surface area contributed by atoms with Crippen molar-refractivity contribution in [1.82, 2.24) is 15.4 Å². The van der Waals surface area contributed by atoms with Crippen molar-refractivity contribution in [1.29, 1.82) is 0 Å². The first-order valence-corrected chi connectivity index (χ1v) is 8.82. The van der Waals surface area contributed by atoms with E-state index in [1.54, 1.807) is 5.48 Å². The summed E-state index contributed by atoms with van der Waals surface area (Å²) in [5, 5.41) is 10.7. The van der Waals surface area contributed by atoms with Gasteiger partial charge in [0.25, 0.3) is 5.91 Å². The molecule has 0 aliphatic carbocycles. The molecule has 4 rings (SSSR count). The van der Waals surface area contributed by atoms with Crippen molar-refractivity contribution in [3.63, 3.8) is 0 Å². The number of nitrogens with zero attached hydrogens (tertiary/aromatic N) is 1. The number of pyridine rings is 1. The molecule has 6 heteroatoms. The molecule has 1 amide bonds. The van der Waals surface area contributed by atoms with Crippen molar-refractivity contribution in [2.24, 2.45) is 0 Å². The molecule has 2 aromatic carbocycles. The van der Waals surface area contributed by atoms with Crippen LogP contribution in [-0.2, 0) is 16.1 Å². The van der Waals surface area contributed by atoms with Crippen LogP contribution in [0.25, 0.3) is 27.4 Å². The zero-order valence-corrected chi connectivity index (χ0v) is 15.1. The zero-order valence-electron chi connectivity index (χ0n) is 15.1. The maximum atomic E-state index is 11.1. The number of aromatic amines is 1. The molecule has 0 unspecified atom stereocenters. The number of carbonyl (C=O) groups is 1. The largest absolute Gasteiger partial charge is 0.365 e. The number of hydroxylamine groups is 1. The molecule has 0 fully saturated rings. The van der Waals surface area contributed by atoms with Gasteiger partial charge in [-0.3, -0.25) is 15.0 Å². The molecule has 0 bridgehead atoms. The summed E-state index contributed by atoms with van der Waals surface area (Å²) in [7, 11) is 0. The van der Waals surface area contributed by atoms with Crippen LogP contribution in [0.15, 0.2) is 67.4 Å². The number of H-pyrrole nitrogens is 1. The Bertz CT molecular complexity index is 1180. The SMILES string of the molecule is C=C(c1ccc2[nH]ccc2c1)c1cc(COCC(=O)NO)nc2ccccc12. The molecular weight excluding hydrogens is 354 g/mol. The summed E-state index contributed by atoms with van der Waals surface area (Å²) in [5.41, 5.74) is 7.00. The fourth-order valence-electron chi connectivity index (χ4n) is 3.23. The number of rotatable bonds is 6. The number of carbonyl (C=O) groups excluding carboxylic acids is 1. The normalized spacial score (nSPS) is 11.0. The minimum absolute atomic E-state index is 0.148. The Morgan fingerprint density at radius 2 is 2.04 bits per heavy atom. The van der Waals surface area contributed by atoms with E-state index in [0.717, 1.165) is 38.5 Å². The van der Waals surface area contributed by atoms with E-state index in [1.165, 1.54) is 0 Å². The quantitative estimate of drug-likeness (QED) is 0.354. The molecule has 28 heavy (non-hydrogen) atoms. The number of hydrogen-bond donors (Lipinski definition) is 3. The first-order valence-electron chi connectivity index (χ1n) is 8.82. The third-order valence-electron chi connectivity index (χ3n) is 4.60. The highest BCUT2D eigenvalue weighted by Crippen LogP contribution is 2.30. The highest BCUT2D eigenvalue weighted by atomic mass is 16.5. The van der Waals surface area contributed by atoms with Gasteiger partial charge in [0, 0.05) is 17.1 Å². The molecule has 140 valence electrons. The summed E-state index contributed by atoms with van der Waals surface area (Å²) in [5.74, 6) is -0.606. The Labute approximate surface area is 161 Å². The summed E-state index contributed by atoms with van der Waals surface area (Å²) >= 11 is 0. The van der Waals surface area contributed by atoms with Crippen molar-refractivity contribution in [2.75, 3.05) is 6.61 Å². The van der Waals surface area contributed by atoms with Gasteiger partial charge >= 0.3 is 0 Å². The smallest absolute Gasteiger partial charge is 0.269 e. The van der Waals surface area contributed by atoms with E-state index in [1.807, 2.05) is 54.7 Å². The molecule has 2 aromatic heterocycles. The number of benzene rings is 2. The molecule has 0 saturated heterocycles. The first-order chi connectivity index (χ1) is 13.7. The molecule has 4 aromatic rings. The second-order valence-corrected chi connectivity index (χ2v) is 6.46. The van der Waals surface area contributed by atoms with Gasteiger partial charge in [0.2, 0.25) is 0 Å². The van der Waals surface area contributed by atoms with E-state index in [9.17, 15) is 4.79 Å². The maximum absolute atomic E-state index is 11.1. The van der Waals surface area contributed by atoms with Gasteiger partial charge in [-0.1, -0.05) is 30.8 Å². The average molecular weight is 373 g/mol. The Balaban J connectivity index is 1.71. The Hall–Kier alpha value is -3.48. The van der Waals surface area contributed by atoms with Crippen LogP contribution in [0.3, 0.4) is 0 Å². The standard InChI is InChI=1S/C22H19N3O3/c1-14(15-6-7-20-16(10-15)8-9-23-20)19-11-17(12-28-13-22(26)25-27)24-21-5-3-2-4-18(19)21/h2-11,23,27H,1,12-13H2,(H,25,26). The van der Waals surface area contributed by atoms with Gasteiger partial charge in [0.05, 0.1) is 17.8 Å². The zero-order chi connectivity index (χ0) is 19.5. The van der Waals surface area contributed by atoms with E-state index in [0.29, 0.717) is 5.69 Å². The van der Waals surface area contributed by atoms with Crippen LogP contribution in [0.5, 0.6) is 0 Å². The van der Waals surface area contributed by atoms with E-state index in [4.69, 9.17) is 9.94 Å². The van der Waals surface area contributed by atoms with Gasteiger partial charge in [-0.2, -0.15) is 0 Å². The molecule has 2 heterocycles. The molecule has 0 aliphatic rings. The Kier molecular flexibility index (Phi) is 4.89. The number of amides is 1. The van der Waals surface area contributed by atoms with Crippen LogP contribution in [-0.4, -0.2) is 27.7 Å². The molecule has 0 spiro atoms. The van der Waals surface area contributed by atoms with Crippen molar-refractivity contribution in [3.8, 4) is 0 Å². The van der Waals surface area contributed by atoms with E-state index < -0.39 is 5.91 Å². The van der Waals surface area contributed by atoms with Crippen molar-refractivity contribution in [3.05, 3.63) is 84.2 Å². The second kappa shape index (κ2) is 7.64. The van der Waals surface area contributed by atoms with Gasteiger partial charge in [-0.05, 0) is 52.4 Å². The molecule has 3 N–H and O–H groups in total. The average Bonchev–Trinajstić information content (AvgIpc) is 3.20. The number of hydrogen-bond acceptors (Lipinski definition) is 4. The minimum atomic E-state index is -0.606. The van der Waals surface area contributed by atoms with Gasteiger partial charge in [0.1, 0.15) is 6.61 Å². The maximum Gasteiger partial charge on any atom is 0.269 e. The fraction of sp³-hybridized carbons (Fsp3) is 0.0909. The third-order valence-corrected chi connectivity index (χ3v) is 4.60. The third kappa shape index (κ3) is 3.51. The van der Waals surface area contributed by atoms with E-state index in [2.05, 4.69) is 22.6 Å². The van der Waals surface area contributed by atoms with Crippen LogP contribution >= 0.6 is 0 Å². The Morgan fingerprint density at radius 1 is 1.18 bits per heavy atom. The van der Waals surface area contributed by atoms with E-state index in [-0.39, 0.29) is 13.2 Å². The van der Waals surface area contributed by atoms with Crippen LogP contribution in [0, 0.1) is 0 Å². The predicted octanol–water partition coefficient (Wildman–Crippen LogP) is 3.80. The molecular formula is C22H19N3O3. The lowest BCUT2D eigenvalue weighted by Crippen LogP contribution is -2.23. The summed E-state index contributed by atoms with van der Waals surface area (Å²) < 4.78 is 5.34. The summed E-state index contributed by atoms with van der Waals surface area (Å²) in [6.45, 7) is 4.23. The summed E-state index contributed by atoms with van der Waals surface area (Å²) in [6.07, 6.45) is 1.91. The van der Waals surface area contributed by atoms with E-state index >= 15 is 0 Å². The topological polar surface area (TPSA) is 87.2 Å². The lowest BCUT2D eigenvalue weighted by molar-refractivity contribution is -0.134. The number of nitrogens with one attached hydrogen (secondary N) is 2. The summed E-state index contributed by atoms with van der Waals surface area (Å²) in [4.78, 5) is 18.9. The molecule has 0 aliphatic heterocycles. The molecule has 6 nitrogen and oxygen atoms in total. The van der Waals surface area contributed by atoms with Crippen LogP contribution in [0.1, 0.15) is 16.8 Å². The van der Waals surface area contributed by atoms with Crippen LogP contribution < -0.4 is 5.48 Å². The number of fused-ring (bicyclic) bond motifs is 2. The fourth-order valence-corrected chi connectivity index (χ4v) is 3.23. The van der Waals surface area contributed by atoms with Gasteiger partial charge in [-0.25, -0.2) is 5.48 Å². The van der Waals surface area contributed by atoms with Crippen molar-refractivity contribution >= 4 is 33.3 Å². The number of ether oxygens (including phenoxy) is 1. The number of aromatic nitrogens is 2. The predicted molar refractivity (Wildman–Crippen MR) is 108 cm³/mol. The van der Waals surface area contributed by atoms with Gasteiger partial charge in [0.15, 0.2) is 0 Å². The Morgan fingerprint density at radius 3 is 2.89 bits per heavy atom. The van der Waals surface area contributed by atoms with Crippen LogP contribution in [0.4, 0.5) is 0 Å². The highest BCUT2D eigenvalue weighted by molar-refractivity contribution is 5.97. The molecule has 0 saturated carbocycles. The lowest BCUT2D eigenvalue weighted by atomic mass is 9.95. The molecule has 0 atom stereocenters. The second-order valence-electron chi connectivity index (χ2n) is 6.46. The van der Waals surface area contributed by atoms with Crippen LogP contribution in [0.2, 0.25) is 0 Å². The summed E-state index contributed by atoms with van der Waals surface area (Å²) in [6, 6.07) is 18.0. The minimum Gasteiger partial charge on any atom is -0.365 e. The van der Waals surface area contributed by atoms with Gasteiger partial charge in [-0.15, -0.1) is 0 Å². The van der Waals surface area contributed by atoms with Gasteiger partial charge < -0.3 is 9.72 Å². The van der Waals surface area contributed by atoms with Crippen molar-refractivity contribution < 1.29 is 14.7 Å². The first kappa shape index (κ1) is 17.9. The monoisotopic (exact) mass is 373 g/mol. The molecule has 0 radical (unpaired) electrons. The lowest BCUT2D eigenvalue weighted by Gasteiger charge is -2.13. The number of para-hydroxylation sites is 1. The van der Waals surface area contributed by atoms with Crippen molar-refractivity contribution in [2.45, 2.75) is 6.61 Å².